The van der Waals surface area contributed by atoms with Crippen LogP contribution in [0.2, 0.25) is 0 Å². The Kier molecular flexibility index (Phi) is 6.69. The maximum atomic E-state index is 5.06. The average molecular weight is 617 g/mol. The third-order valence-electron chi connectivity index (χ3n) is 8.88. The van der Waals surface area contributed by atoms with Gasteiger partial charge in [-0.15, -0.1) is 11.3 Å². The molecule has 2 heterocycles. The van der Waals surface area contributed by atoms with Crippen LogP contribution in [-0.4, -0.2) is 9.97 Å². The first kappa shape index (κ1) is 27.4. The molecular weight excluding hydrogens is 589 g/mol. The van der Waals surface area contributed by atoms with Crippen molar-refractivity contribution in [2.24, 2.45) is 0 Å². The van der Waals surface area contributed by atoms with E-state index in [2.05, 4.69) is 133 Å². The topological polar surface area (TPSA) is 25.8 Å². The van der Waals surface area contributed by atoms with Gasteiger partial charge in [0.2, 0.25) is 0 Å². The zero-order valence-corrected chi connectivity index (χ0v) is 26.3. The largest absolute Gasteiger partial charge is 0.228 e. The molecule has 0 N–H and O–H groups in total. The lowest BCUT2D eigenvalue weighted by Crippen LogP contribution is -1.96. The molecule has 0 bridgehead atoms. The van der Waals surface area contributed by atoms with Crippen LogP contribution in [0, 0.1) is 0 Å². The highest BCUT2D eigenvalue weighted by molar-refractivity contribution is 7.26. The minimum atomic E-state index is 0.721. The summed E-state index contributed by atoms with van der Waals surface area (Å²) < 4.78 is 2.68. The molecule has 3 heteroatoms. The highest BCUT2D eigenvalue weighted by Crippen LogP contribution is 2.40. The predicted molar refractivity (Wildman–Crippen MR) is 200 cm³/mol. The van der Waals surface area contributed by atoms with E-state index in [1.807, 2.05) is 47.7 Å². The fourth-order valence-corrected chi connectivity index (χ4v) is 7.71. The van der Waals surface area contributed by atoms with E-state index in [9.17, 15) is 0 Å². The Morgan fingerprint density at radius 2 is 0.915 bits per heavy atom. The predicted octanol–water partition coefficient (Wildman–Crippen LogP) is 12.3. The maximum Gasteiger partial charge on any atom is 0.160 e. The third-order valence-corrected chi connectivity index (χ3v) is 10.1. The van der Waals surface area contributed by atoms with Gasteiger partial charge in [0, 0.05) is 36.9 Å². The molecule has 0 unspecified atom stereocenters. The molecule has 7 aromatic carbocycles. The zero-order chi connectivity index (χ0) is 31.2. The van der Waals surface area contributed by atoms with Crippen molar-refractivity contribution < 1.29 is 0 Å². The lowest BCUT2D eigenvalue weighted by molar-refractivity contribution is 1.18. The van der Waals surface area contributed by atoms with Gasteiger partial charge in [0.15, 0.2) is 5.82 Å². The van der Waals surface area contributed by atoms with E-state index in [1.165, 1.54) is 47.6 Å². The molecule has 0 spiro atoms. The summed E-state index contributed by atoms with van der Waals surface area (Å²) in [5, 5.41) is 5.25. The van der Waals surface area contributed by atoms with Crippen molar-refractivity contribution in [2.45, 2.75) is 0 Å². The van der Waals surface area contributed by atoms with E-state index >= 15 is 0 Å². The number of nitrogens with zero attached hydrogens (tertiary/aromatic N) is 2. The molecule has 0 aliphatic rings. The van der Waals surface area contributed by atoms with Gasteiger partial charge in [-0.25, -0.2) is 9.97 Å². The molecule has 0 fully saturated rings. The van der Waals surface area contributed by atoms with Crippen molar-refractivity contribution in [3.8, 4) is 56.2 Å². The maximum absolute atomic E-state index is 5.06. The summed E-state index contributed by atoms with van der Waals surface area (Å²) in [5.74, 6) is 0.721. The van der Waals surface area contributed by atoms with Crippen LogP contribution in [0.5, 0.6) is 0 Å². The lowest BCUT2D eigenvalue weighted by Gasteiger charge is -2.11. The van der Waals surface area contributed by atoms with Crippen LogP contribution in [0.15, 0.2) is 170 Å². The SMILES string of the molecule is c1ccc(-c2cc(-c3cccc(-c4cccc(-c5ccc6sc7c8ccccc8ccc7c6c5)c4)c3)nc(-c3ccccc3)n2)cc1. The van der Waals surface area contributed by atoms with Crippen LogP contribution in [0.25, 0.3) is 87.1 Å². The number of aromatic nitrogens is 2. The molecule has 2 aromatic heterocycles. The summed E-state index contributed by atoms with van der Waals surface area (Å²) in [6.07, 6.45) is 0. The number of hydrogen-bond donors (Lipinski definition) is 0. The first-order chi connectivity index (χ1) is 23.3. The summed E-state index contributed by atoms with van der Waals surface area (Å²) in [7, 11) is 0. The molecule has 0 atom stereocenters. The molecule has 0 saturated heterocycles. The van der Waals surface area contributed by atoms with Crippen LogP contribution in [0.3, 0.4) is 0 Å². The third kappa shape index (κ3) is 5.07. The molecule has 2 nitrogen and oxygen atoms in total. The van der Waals surface area contributed by atoms with Crippen LogP contribution in [0.1, 0.15) is 0 Å². The first-order valence-corrected chi connectivity index (χ1v) is 16.6. The Morgan fingerprint density at radius 1 is 0.340 bits per heavy atom. The first-order valence-electron chi connectivity index (χ1n) is 15.8. The summed E-state index contributed by atoms with van der Waals surface area (Å²) >= 11 is 1.88. The summed E-state index contributed by atoms with van der Waals surface area (Å²) in [5.41, 5.74) is 9.69. The number of rotatable bonds is 5. The summed E-state index contributed by atoms with van der Waals surface area (Å²) in [6, 6.07) is 60.3. The minimum Gasteiger partial charge on any atom is -0.228 e. The normalized spacial score (nSPS) is 11.4. The Balaban J connectivity index is 1.11. The monoisotopic (exact) mass is 616 g/mol. The van der Waals surface area contributed by atoms with E-state index in [0.717, 1.165) is 39.5 Å². The van der Waals surface area contributed by atoms with Gasteiger partial charge >= 0.3 is 0 Å². The van der Waals surface area contributed by atoms with Gasteiger partial charge in [-0.3, -0.25) is 0 Å². The molecule has 9 rings (SSSR count). The standard InChI is InChI=1S/C44H28N2S/c1-3-12-30(13-4-1)40-28-41(46-44(45-40)31-14-5-2-6-15-31)36-19-10-18-34(26-36)32-16-9-17-33(25-32)35-22-24-42-39(27-35)38-23-21-29-11-7-8-20-37(29)43(38)47-42/h1-28H. The number of thiophene rings is 1. The molecule has 0 aliphatic carbocycles. The Morgan fingerprint density at radius 3 is 1.66 bits per heavy atom. The molecule has 0 saturated carbocycles. The van der Waals surface area contributed by atoms with E-state index < -0.39 is 0 Å². The second-order valence-electron chi connectivity index (χ2n) is 11.8. The van der Waals surface area contributed by atoms with E-state index in [1.54, 1.807) is 0 Å². The number of hydrogen-bond acceptors (Lipinski definition) is 3. The van der Waals surface area contributed by atoms with E-state index in [-0.39, 0.29) is 0 Å². The highest BCUT2D eigenvalue weighted by atomic mass is 32.1. The Labute approximate surface area is 277 Å². The molecular formula is C44H28N2S. The van der Waals surface area contributed by atoms with Gasteiger partial charge in [-0.2, -0.15) is 0 Å². The second-order valence-corrected chi connectivity index (χ2v) is 12.9. The van der Waals surface area contributed by atoms with Crippen LogP contribution < -0.4 is 0 Å². The van der Waals surface area contributed by atoms with Crippen molar-refractivity contribution in [3.63, 3.8) is 0 Å². The summed E-state index contributed by atoms with van der Waals surface area (Å²) in [4.78, 5) is 10.0. The van der Waals surface area contributed by atoms with Crippen molar-refractivity contribution in [3.05, 3.63) is 170 Å². The van der Waals surface area contributed by atoms with E-state index in [4.69, 9.17) is 9.97 Å². The molecule has 0 radical (unpaired) electrons. The van der Waals surface area contributed by atoms with Crippen LogP contribution in [-0.2, 0) is 0 Å². The fourth-order valence-electron chi connectivity index (χ4n) is 6.49. The van der Waals surface area contributed by atoms with Crippen molar-refractivity contribution in [1.29, 1.82) is 0 Å². The molecule has 9 aromatic rings. The Hall–Kier alpha value is -5.90. The van der Waals surface area contributed by atoms with Gasteiger partial charge in [-0.05, 0) is 63.4 Å². The average Bonchev–Trinajstić information content (AvgIpc) is 3.54. The summed E-state index contributed by atoms with van der Waals surface area (Å²) in [6.45, 7) is 0. The second kappa shape index (κ2) is 11.5. The van der Waals surface area contributed by atoms with Gasteiger partial charge in [-0.1, -0.05) is 140 Å². The molecule has 220 valence electrons. The number of fused-ring (bicyclic) bond motifs is 5. The molecule has 0 aliphatic heterocycles. The van der Waals surface area contributed by atoms with Crippen molar-refractivity contribution in [2.75, 3.05) is 0 Å². The molecule has 0 amide bonds. The highest BCUT2D eigenvalue weighted by Gasteiger charge is 2.13. The lowest BCUT2D eigenvalue weighted by atomic mass is 9.96. The van der Waals surface area contributed by atoms with Crippen molar-refractivity contribution >= 4 is 42.3 Å². The van der Waals surface area contributed by atoms with Gasteiger partial charge in [0.1, 0.15) is 0 Å². The number of benzene rings is 7. The van der Waals surface area contributed by atoms with Gasteiger partial charge in [0.05, 0.1) is 11.4 Å². The van der Waals surface area contributed by atoms with Crippen molar-refractivity contribution in [1.82, 2.24) is 9.97 Å². The quantitative estimate of drug-likeness (QED) is 0.192. The van der Waals surface area contributed by atoms with Crippen LogP contribution in [0.4, 0.5) is 0 Å². The van der Waals surface area contributed by atoms with Gasteiger partial charge < -0.3 is 0 Å². The van der Waals surface area contributed by atoms with Gasteiger partial charge in [0.25, 0.3) is 0 Å². The smallest absolute Gasteiger partial charge is 0.160 e. The Bertz CT molecular complexity index is 2510. The minimum absolute atomic E-state index is 0.721. The van der Waals surface area contributed by atoms with Crippen LogP contribution >= 0.6 is 11.3 Å². The molecule has 47 heavy (non-hydrogen) atoms. The van der Waals surface area contributed by atoms with E-state index in [0.29, 0.717) is 0 Å². The zero-order valence-electron chi connectivity index (χ0n) is 25.5. The fraction of sp³-hybridized carbons (Fsp3) is 0.